The van der Waals surface area contributed by atoms with Gasteiger partial charge in [-0.15, -0.1) is 0 Å². The average molecular weight is 195 g/mol. The molecule has 0 saturated carbocycles. The molecule has 0 aromatic carbocycles. The van der Waals surface area contributed by atoms with Crippen LogP contribution in [0, 0.1) is 5.92 Å². The first-order valence-electron chi connectivity index (χ1n) is 5.89. The molecular weight excluding hydrogens is 174 g/mol. The first kappa shape index (κ1) is 10.2. The molecule has 0 aromatic rings. The summed E-state index contributed by atoms with van der Waals surface area (Å²) in [7, 11) is 0. The lowest BCUT2D eigenvalue weighted by atomic mass is 9.95. The highest BCUT2D eigenvalue weighted by molar-refractivity contribution is 4.99. The third-order valence-electron chi connectivity index (χ3n) is 3.43. The summed E-state index contributed by atoms with van der Waals surface area (Å²) < 4.78 is 5.45. The molecule has 2 nitrogen and oxygen atoms in total. The Balaban J connectivity index is 1.79. The number of rotatable bonds is 4. The van der Waals surface area contributed by atoms with Crippen molar-refractivity contribution < 1.29 is 4.74 Å². The lowest BCUT2D eigenvalue weighted by Crippen LogP contribution is -2.41. The van der Waals surface area contributed by atoms with Crippen LogP contribution in [0.25, 0.3) is 0 Å². The summed E-state index contributed by atoms with van der Waals surface area (Å²) in [5, 5.41) is 3.77. The maximum Gasteiger partial charge on any atom is 0.0510 e. The van der Waals surface area contributed by atoms with Crippen molar-refractivity contribution in [2.75, 3.05) is 13.2 Å². The fourth-order valence-electron chi connectivity index (χ4n) is 2.51. The molecule has 1 fully saturated rings. The second kappa shape index (κ2) is 4.94. The van der Waals surface area contributed by atoms with Crippen molar-refractivity contribution in [1.82, 2.24) is 5.32 Å². The number of hydrogen-bond donors (Lipinski definition) is 1. The minimum Gasteiger partial charge on any atom is -0.381 e. The van der Waals surface area contributed by atoms with Crippen LogP contribution < -0.4 is 5.32 Å². The summed E-state index contributed by atoms with van der Waals surface area (Å²) in [6, 6.07) is 1.36. The van der Waals surface area contributed by atoms with Gasteiger partial charge in [-0.25, -0.2) is 0 Å². The van der Waals surface area contributed by atoms with E-state index in [-0.39, 0.29) is 0 Å². The van der Waals surface area contributed by atoms with E-state index < -0.39 is 0 Å². The normalized spacial score (nSPS) is 29.9. The van der Waals surface area contributed by atoms with E-state index in [1.54, 1.807) is 0 Å². The fraction of sp³-hybridized carbons (Fsp3) is 0.833. The van der Waals surface area contributed by atoms with E-state index in [2.05, 4.69) is 24.4 Å². The minimum atomic E-state index is 0.669. The predicted molar refractivity (Wildman–Crippen MR) is 58.3 cm³/mol. The molecule has 2 heteroatoms. The molecule has 1 heterocycles. The Morgan fingerprint density at radius 2 is 2.21 bits per heavy atom. The van der Waals surface area contributed by atoms with Gasteiger partial charge in [0.05, 0.1) is 6.61 Å². The van der Waals surface area contributed by atoms with Crippen molar-refractivity contribution in [1.29, 1.82) is 0 Å². The van der Waals surface area contributed by atoms with Crippen LogP contribution in [0.15, 0.2) is 12.2 Å². The second-order valence-corrected chi connectivity index (χ2v) is 4.44. The summed E-state index contributed by atoms with van der Waals surface area (Å²) in [6.07, 6.45) is 9.47. The quantitative estimate of drug-likeness (QED) is 0.694. The monoisotopic (exact) mass is 195 g/mol. The molecule has 2 rings (SSSR count). The van der Waals surface area contributed by atoms with Crippen molar-refractivity contribution in [3.8, 4) is 0 Å². The lowest BCUT2D eigenvalue weighted by Gasteiger charge is -2.26. The van der Waals surface area contributed by atoms with E-state index in [1.807, 2.05) is 0 Å². The van der Waals surface area contributed by atoms with Crippen LogP contribution in [0.3, 0.4) is 0 Å². The third-order valence-corrected chi connectivity index (χ3v) is 3.43. The van der Waals surface area contributed by atoms with E-state index in [4.69, 9.17) is 4.74 Å². The molecule has 0 radical (unpaired) electrons. The molecule has 2 atom stereocenters. The van der Waals surface area contributed by atoms with Crippen molar-refractivity contribution in [2.24, 2.45) is 5.92 Å². The Hall–Kier alpha value is -0.340. The van der Waals surface area contributed by atoms with Gasteiger partial charge in [-0.3, -0.25) is 0 Å². The topological polar surface area (TPSA) is 21.3 Å². The summed E-state index contributed by atoms with van der Waals surface area (Å²) in [6.45, 7) is 4.20. The molecular formula is C12H21NO. The maximum absolute atomic E-state index is 5.45. The van der Waals surface area contributed by atoms with Crippen molar-refractivity contribution in [3.63, 3.8) is 0 Å². The first-order chi connectivity index (χ1) is 6.90. The van der Waals surface area contributed by atoms with Crippen LogP contribution in [0.5, 0.6) is 0 Å². The molecule has 0 aromatic heterocycles. The molecule has 2 unspecified atom stereocenters. The summed E-state index contributed by atoms with van der Waals surface area (Å²) >= 11 is 0. The van der Waals surface area contributed by atoms with Gasteiger partial charge in [0.1, 0.15) is 0 Å². The van der Waals surface area contributed by atoms with Crippen LogP contribution in [0.2, 0.25) is 0 Å². The lowest BCUT2D eigenvalue weighted by molar-refractivity contribution is 0.173. The highest BCUT2D eigenvalue weighted by atomic mass is 16.5. The summed E-state index contributed by atoms with van der Waals surface area (Å²) in [5.41, 5.74) is 0. The molecule has 14 heavy (non-hydrogen) atoms. The third kappa shape index (κ3) is 2.37. The average Bonchev–Trinajstić information content (AvgIpc) is 2.86. The van der Waals surface area contributed by atoms with Crippen LogP contribution in [0.4, 0.5) is 0 Å². The van der Waals surface area contributed by atoms with E-state index >= 15 is 0 Å². The van der Waals surface area contributed by atoms with Gasteiger partial charge >= 0.3 is 0 Å². The summed E-state index contributed by atoms with van der Waals surface area (Å²) in [4.78, 5) is 0. The van der Waals surface area contributed by atoms with Gasteiger partial charge in [-0.1, -0.05) is 19.1 Å². The highest BCUT2D eigenvalue weighted by Gasteiger charge is 2.26. The van der Waals surface area contributed by atoms with E-state index in [1.165, 1.54) is 25.7 Å². The van der Waals surface area contributed by atoms with Gasteiger partial charge in [0, 0.05) is 18.7 Å². The maximum atomic E-state index is 5.45. The molecule has 80 valence electrons. The number of nitrogens with one attached hydrogen (secondary N) is 1. The van der Waals surface area contributed by atoms with Crippen LogP contribution in [0.1, 0.15) is 32.6 Å². The van der Waals surface area contributed by atoms with E-state index in [0.717, 1.165) is 19.1 Å². The minimum absolute atomic E-state index is 0.669. The Labute approximate surface area is 86.7 Å². The van der Waals surface area contributed by atoms with Crippen LogP contribution >= 0.6 is 0 Å². The molecule has 0 bridgehead atoms. The zero-order valence-electron chi connectivity index (χ0n) is 9.04. The van der Waals surface area contributed by atoms with Crippen LogP contribution in [-0.4, -0.2) is 25.3 Å². The highest BCUT2D eigenvalue weighted by Crippen LogP contribution is 2.21. The number of ether oxygens (including phenoxy) is 1. The number of hydrogen-bond acceptors (Lipinski definition) is 2. The van der Waals surface area contributed by atoms with E-state index in [0.29, 0.717) is 12.1 Å². The Morgan fingerprint density at radius 1 is 1.43 bits per heavy atom. The zero-order chi connectivity index (χ0) is 9.80. The fourth-order valence-corrected chi connectivity index (χ4v) is 2.51. The molecule has 2 aliphatic rings. The van der Waals surface area contributed by atoms with Crippen LogP contribution in [-0.2, 0) is 4.74 Å². The van der Waals surface area contributed by atoms with E-state index in [9.17, 15) is 0 Å². The van der Waals surface area contributed by atoms with Crippen molar-refractivity contribution in [3.05, 3.63) is 12.2 Å². The van der Waals surface area contributed by atoms with Crippen molar-refractivity contribution in [2.45, 2.75) is 44.7 Å². The largest absolute Gasteiger partial charge is 0.381 e. The van der Waals surface area contributed by atoms with Gasteiger partial charge in [0.25, 0.3) is 0 Å². The molecule has 0 amide bonds. The summed E-state index contributed by atoms with van der Waals surface area (Å²) in [5.74, 6) is 0.751. The van der Waals surface area contributed by atoms with Crippen molar-refractivity contribution >= 4 is 0 Å². The molecule has 1 saturated heterocycles. The molecule has 1 aliphatic carbocycles. The standard InChI is InChI=1S/C12H21NO/c1-2-12(10-7-8-14-9-10)13-11-5-3-4-6-11/h3-4,10-13H,2,5-9H2,1H3. The molecule has 1 aliphatic heterocycles. The predicted octanol–water partition coefficient (Wildman–Crippen LogP) is 2.11. The Bertz CT molecular complexity index is 188. The van der Waals surface area contributed by atoms with Gasteiger partial charge in [-0.2, -0.15) is 0 Å². The van der Waals surface area contributed by atoms with Gasteiger partial charge in [-0.05, 0) is 31.6 Å². The SMILES string of the molecule is CCC(NC1CC=CC1)C1CCOC1. The van der Waals surface area contributed by atoms with Gasteiger partial charge in [0.2, 0.25) is 0 Å². The Morgan fingerprint density at radius 3 is 2.79 bits per heavy atom. The molecule has 0 spiro atoms. The smallest absolute Gasteiger partial charge is 0.0510 e. The Kier molecular flexibility index (Phi) is 3.60. The molecule has 1 N–H and O–H groups in total. The van der Waals surface area contributed by atoms with Gasteiger partial charge in [0.15, 0.2) is 0 Å². The second-order valence-electron chi connectivity index (χ2n) is 4.44. The zero-order valence-corrected chi connectivity index (χ0v) is 9.04. The van der Waals surface area contributed by atoms with Gasteiger partial charge < -0.3 is 10.1 Å². The first-order valence-corrected chi connectivity index (χ1v) is 5.89.